The molecule has 0 unspecified atom stereocenters. The summed E-state index contributed by atoms with van der Waals surface area (Å²) in [6.07, 6.45) is 1.26. The molecule has 2 rings (SSSR count). The smallest absolute Gasteiger partial charge is 0.225 e. The Kier molecular flexibility index (Phi) is 8.70. The molecule has 1 aliphatic heterocycles. The molecule has 0 aromatic heterocycles. The van der Waals surface area contributed by atoms with Crippen LogP contribution in [0.25, 0.3) is 0 Å². The van der Waals surface area contributed by atoms with Gasteiger partial charge in [-0.05, 0) is 31.9 Å². The van der Waals surface area contributed by atoms with Gasteiger partial charge in [-0.3, -0.25) is 4.79 Å². The van der Waals surface area contributed by atoms with Gasteiger partial charge in [-0.25, -0.2) is 0 Å². The number of ether oxygens (including phenoxy) is 1. The molecule has 1 heterocycles. The van der Waals surface area contributed by atoms with Crippen LogP contribution in [0.5, 0.6) is 0 Å². The average Bonchev–Trinajstić information content (AvgIpc) is 3.09. The molecular weight excluding hydrogens is 328 g/mol. The highest BCUT2D eigenvalue weighted by Crippen LogP contribution is 2.20. The zero-order valence-electron chi connectivity index (χ0n) is 14.6. The van der Waals surface area contributed by atoms with E-state index >= 15 is 0 Å². The maximum atomic E-state index is 12.5. The van der Waals surface area contributed by atoms with Gasteiger partial charge in [-0.2, -0.15) is 0 Å². The van der Waals surface area contributed by atoms with Crippen molar-refractivity contribution in [2.24, 2.45) is 5.92 Å². The summed E-state index contributed by atoms with van der Waals surface area (Å²) in [6, 6.07) is 9.23. The second-order valence-electron chi connectivity index (χ2n) is 6.34. The molecule has 1 aromatic carbocycles. The molecule has 1 fully saturated rings. The number of methoxy groups -OCH3 is 1. The number of aliphatic hydroxyl groups is 1. The lowest BCUT2D eigenvalue weighted by Crippen LogP contribution is -2.48. The first-order chi connectivity index (χ1) is 11.0. The summed E-state index contributed by atoms with van der Waals surface area (Å²) in [4.78, 5) is 12.5. The van der Waals surface area contributed by atoms with Gasteiger partial charge in [0.2, 0.25) is 5.91 Å². The number of hydrogen-bond acceptors (Lipinski definition) is 4. The number of benzene rings is 1. The normalized spacial score (nSPS) is 22.1. The van der Waals surface area contributed by atoms with E-state index in [0.717, 1.165) is 24.9 Å². The van der Waals surface area contributed by atoms with Crippen LogP contribution < -0.4 is 10.6 Å². The van der Waals surface area contributed by atoms with Crippen molar-refractivity contribution in [3.05, 3.63) is 35.9 Å². The summed E-state index contributed by atoms with van der Waals surface area (Å²) < 4.78 is 5.56. The highest BCUT2D eigenvalue weighted by Gasteiger charge is 2.33. The summed E-state index contributed by atoms with van der Waals surface area (Å²) in [5, 5.41) is 16.7. The fourth-order valence-corrected chi connectivity index (χ4v) is 3.23. The van der Waals surface area contributed by atoms with Crippen molar-refractivity contribution in [2.45, 2.75) is 51.0 Å². The molecule has 6 heteroatoms. The third-order valence-electron chi connectivity index (χ3n) is 4.66. The zero-order valence-corrected chi connectivity index (χ0v) is 15.4. The van der Waals surface area contributed by atoms with Crippen LogP contribution in [0.3, 0.4) is 0 Å². The number of nitrogens with one attached hydrogen (secondary N) is 2. The molecular formula is C18H29ClN2O3. The quantitative estimate of drug-likeness (QED) is 0.699. The third kappa shape index (κ3) is 5.18. The Morgan fingerprint density at radius 3 is 2.54 bits per heavy atom. The van der Waals surface area contributed by atoms with Crippen molar-refractivity contribution in [1.29, 1.82) is 0 Å². The summed E-state index contributed by atoms with van der Waals surface area (Å²) >= 11 is 0. The van der Waals surface area contributed by atoms with Gasteiger partial charge in [0.1, 0.15) is 0 Å². The fourth-order valence-electron chi connectivity index (χ4n) is 3.23. The topological polar surface area (TPSA) is 70.6 Å². The Morgan fingerprint density at radius 2 is 2.00 bits per heavy atom. The number of rotatable bonds is 7. The van der Waals surface area contributed by atoms with Gasteiger partial charge in [0.05, 0.1) is 24.2 Å². The molecule has 5 atom stereocenters. The lowest BCUT2D eigenvalue weighted by atomic mass is 9.94. The predicted octanol–water partition coefficient (Wildman–Crippen LogP) is 2.05. The monoisotopic (exact) mass is 356 g/mol. The van der Waals surface area contributed by atoms with Crippen molar-refractivity contribution in [1.82, 2.24) is 10.6 Å². The second-order valence-corrected chi connectivity index (χ2v) is 6.34. The molecule has 0 aliphatic carbocycles. The van der Waals surface area contributed by atoms with E-state index in [2.05, 4.69) is 10.6 Å². The van der Waals surface area contributed by atoms with Gasteiger partial charge in [-0.1, -0.05) is 37.3 Å². The van der Waals surface area contributed by atoms with Gasteiger partial charge in [0.15, 0.2) is 0 Å². The Morgan fingerprint density at radius 1 is 1.33 bits per heavy atom. The molecule has 3 N–H and O–H groups in total. The molecule has 1 aromatic rings. The maximum Gasteiger partial charge on any atom is 0.225 e. The first-order valence-electron chi connectivity index (χ1n) is 8.34. The molecule has 24 heavy (non-hydrogen) atoms. The predicted molar refractivity (Wildman–Crippen MR) is 97.2 cm³/mol. The molecule has 5 nitrogen and oxygen atoms in total. The van der Waals surface area contributed by atoms with E-state index in [9.17, 15) is 9.90 Å². The van der Waals surface area contributed by atoms with Crippen molar-refractivity contribution < 1.29 is 14.6 Å². The highest BCUT2D eigenvalue weighted by molar-refractivity contribution is 5.85. The van der Waals surface area contributed by atoms with Crippen LogP contribution in [0.4, 0.5) is 0 Å². The molecule has 136 valence electrons. The van der Waals surface area contributed by atoms with E-state index in [0.29, 0.717) is 0 Å². The van der Waals surface area contributed by atoms with Gasteiger partial charge >= 0.3 is 0 Å². The van der Waals surface area contributed by atoms with Gasteiger partial charge in [0, 0.05) is 13.2 Å². The number of amides is 1. The zero-order chi connectivity index (χ0) is 16.8. The minimum Gasteiger partial charge on any atom is -0.386 e. The summed E-state index contributed by atoms with van der Waals surface area (Å²) in [5.41, 5.74) is 0.800. The minimum atomic E-state index is -0.724. The summed E-state index contributed by atoms with van der Waals surface area (Å²) in [7, 11) is 1.65. The van der Waals surface area contributed by atoms with Crippen LogP contribution in [0.15, 0.2) is 30.3 Å². The molecule has 0 radical (unpaired) electrons. The minimum absolute atomic E-state index is 0. The largest absolute Gasteiger partial charge is 0.386 e. The van der Waals surface area contributed by atoms with Gasteiger partial charge in [-0.15, -0.1) is 12.4 Å². The van der Waals surface area contributed by atoms with Crippen LogP contribution >= 0.6 is 12.4 Å². The van der Waals surface area contributed by atoms with E-state index in [1.165, 1.54) is 0 Å². The van der Waals surface area contributed by atoms with E-state index in [4.69, 9.17) is 4.74 Å². The molecule has 1 amide bonds. The second kappa shape index (κ2) is 9.99. The van der Waals surface area contributed by atoms with Crippen molar-refractivity contribution in [3.8, 4) is 0 Å². The van der Waals surface area contributed by atoms with E-state index in [-0.39, 0.29) is 42.4 Å². The summed E-state index contributed by atoms with van der Waals surface area (Å²) in [6.45, 7) is 4.67. The standard InChI is InChI=1S/C18H28N2O3.ClH/c1-12(17(23-3)15-10-7-11-19-15)18(22)20-13(2)16(21)14-8-5-4-6-9-14;/h4-6,8-9,12-13,15-17,19,21H,7,10-11H2,1-3H3,(H,20,22);1H/t12-,13+,15+,16+,17-;/m1./s1. The molecule has 0 bridgehead atoms. The van der Waals surface area contributed by atoms with E-state index < -0.39 is 6.10 Å². The number of halogens is 1. The van der Waals surface area contributed by atoms with Crippen LogP contribution in [0.1, 0.15) is 38.4 Å². The average molecular weight is 357 g/mol. The van der Waals surface area contributed by atoms with Crippen LogP contribution in [-0.4, -0.2) is 42.9 Å². The van der Waals surface area contributed by atoms with Crippen LogP contribution in [0.2, 0.25) is 0 Å². The Bertz CT molecular complexity index is 494. The van der Waals surface area contributed by atoms with Crippen LogP contribution in [0, 0.1) is 5.92 Å². The number of carbonyl (C=O) groups excluding carboxylic acids is 1. The van der Waals surface area contributed by atoms with E-state index in [1.54, 1.807) is 7.11 Å². The number of hydrogen-bond donors (Lipinski definition) is 3. The molecule has 1 saturated heterocycles. The van der Waals surface area contributed by atoms with E-state index in [1.807, 2.05) is 44.2 Å². The molecule has 1 aliphatic rings. The van der Waals surface area contributed by atoms with Gasteiger partial charge in [0.25, 0.3) is 0 Å². The summed E-state index contributed by atoms with van der Waals surface area (Å²) in [5.74, 6) is -0.367. The highest BCUT2D eigenvalue weighted by atomic mass is 35.5. The molecule has 0 spiro atoms. The third-order valence-corrected chi connectivity index (χ3v) is 4.66. The Balaban J connectivity index is 0.00000288. The first kappa shape index (κ1) is 20.9. The van der Waals surface area contributed by atoms with Crippen LogP contribution in [-0.2, 0) is 9.53 Å². The first-order valence-corrected chi connectivity index (χ1v) is 8.34. The Labute approximate surface area is 150 Å². The molecule has 0 saturated carbocycles. The fraction of sp³-hybridized carbons (Fsp3) is 0.611. The lowest BCUT2D eigenvalue weighted by Gasteiger charge is -2.29. The number of carbonyl (C=O) groups is 1. The SMILES string of the molecule is CO[C@@H]([C@@H]1CCCN1)[C@@H](C)C(=O)N[C@@H](C)[C@H](O)c1ccccc1.Cl. The van der Waals surface area contributed by atoms with Crippen molar-refractivity contribution in [2.75, 3.05) is 13.7 Å². The number of aliphatic hydroxyl groups excluding tert-OH is 1. The Hall–Kier alpha value is -1.14. The van der Waals surface area contributed by atoms with Crippen molar-refractivity contribution >= 4 is 18.3 Å². The van der Waals surface area contributed by atoms with Crippen molar-refractivity contribution in [3.63, 3.8) is 0 Å². The maximum absolute atomic E-state index is 12.5. The van der Waals surface area contributed by atoms with Gasteiger partial charge < -0.3 is 20.5 Å². The lowest BCUT2D eigenvalue weighted by molar-refractivity contribution is -0.131.